The van der Waals surface area contributed by atoms with E-state index in [1.54, 1.807) is 24.3 Å². The van der Waals surface area contributed by atoms with Crippen molar-refractivity contribution in [3.05, 3.63) is 24.3 Å². The lowest BCUT2D eigenvalue weighted by molar-refractivity contribution is -0.124. The van der Waals surface area contributed by atoms with E-state index in [-0.39, 0.29) is 31.1 Å². The molecule has 1 aromatic carbocycles. The van der Waals surface area contributed by atoms with Crippen molar-refractivity contribution in [3.63, 3.8) is 0 Å². The SMILES string of the molecule is COCC(=O)Nc1cccc(NC(=O)CO[C@@H]2CCCC[C@H]2C)c1. The second-order valence-electron chi connectivity index (χ2n) is 6.22. The number of anilines is 2. The molecule has 0 aromatic heterocycles. The van der Waals surface area contributed by atoms with Crippen LogP contribution in [0.4, 0.5) is 11.4 Å². The average molecular weight is 334 g/mol. The zero-order valence-corrected chi connectivity index (χ0v) is 14.3. The van der Waals surface area contributed by atoms with Gasteiger partial charge in [-0.15, -0.1) is 0 Å². The van der Waals surface area contributed by atoms with E-state index >= 15 is 0 Å². The zero-order chi connectivity index (χ0) is 17.4. The van der Waals surface area contributed by atoms with Crippen molar-refractivity contribution in [1.82, 2.24) is 0 Å². The molecule has 0 radical (unpaired) electrons. The first-order chi connectivity index (χ1) is 11.6. The summed E-state index contributed by atoms with van der Waals surface area (Å²) in [5, 5.41) is 5.49. The van der Waals surface area contributed by atoms with Gasteiger partial charge in [0.1, 0.15) is 13.2 Å². The van der Waals surface area contributed by atoms with Crippen LogP contribution in [0.5, 0.6) is 0 Å². The smallest absolute Gasteiger partial charge is 0.250 e. The lowest BCUT2D eigenvalue weighted by atomic mass is 9.88. The molecular weight excluding hydrogens is 308 g/mol. The maximum absolute atomic E-state index is 12.1. The summed E-state index contributed by atoms with van der Waals surface area (Å²) in [6, 6.07) is 6.99. The number of ether oxygens (including phenoxy) is 2. The highest BCUT2D eigenvalue weighted by atomic mass is 16.5. The van der Waals surface area contributed by atoms with Crippen molar-refractivity contribution >= 4 is 23.2 Å². The van der Waals surface area contributed by atoms with Crippen LogP contribution in [-0.4, -0.2) is 38.2 Å². The van der Waals surface area contributed by atoms with Gasteiger partial charge in [0.05, 0.1) is 6.10 Å². The molecule has 0 unspecified atom stereocenters. The summed E-state index contributed by atoms with van der Waals surface area (Å²) >= 11 is 0. The van der Waals surface area contributed by atoms with Crippen LogP contribution >= 0.6 is 0 Å². The summed E-state index contributed by atoms with van der Waals surface area (Å²) in [5.74, 6) is 0.0783. The minimum absolute atomic E-state index is 0.00992. The number of hydrogen-bond acceptors (Lipinski definition) is 4. The number of carbonyl (C=O) groups is 2. The Bertz CT molecular complexity index is 562. The number of rotatable bonds is 7. The van der Waals surface area contributed by atoms with E-state index < -0.39 is 0 Å². The quantitative estimate of drug-likeness (QED) is 0.804. The summed E-state index contributed by atoms with van der Waals surface area (Å²) in [6.07, 6.45) is 4.77. The first-order valence-corrected chi connectivity index (χ1v) is 8.39. The van der Waals surface area contributed by atoms with Crippen LogP contribution in [0.1, 0.15) is 32.6 Å². The number of benzene rings is 1. The number of hydrogen-bond donors (Lipinski definition) is 2. The molecule has 1 aromatic rings. The molecule has 1 aliphatic rings. The molecule has 24 heavy (non-hydrogen) atoms. The van der Waals surface area contributed by atoms with Crippen molar-refractivity contribution < 1.29 is 19.1 Å². The highest BCUT2D eigenvalue weighted by molar-refractivity contribution is 5.94. The van der Waals surface area contributed by atoms with E-state index in [9.17, 15) is 9.59 Å². The van der Waals surface area contributed by atoms with E-state index in [1.807, 2.05) is 0 Å². The Kier molecular flexibility index (Phi) is 7.21. The topological polar surface area (TPSA) is 76.7 Å². The van der Waals surface area contributed by atoms with Crippen LogP contribution in [0.3, 0.4) is 0 Å². The van der Waals surface area contributed by atoms with Gasteiger partial charge in [0.25, 0.3) is 0 Å². The molecule has 132 valence electrons. The average Bonchev–Trinajstić information content (AvgIpc) is 2.54. The molecule has 1 aliphatic carbocycles. The Hall–Kier alpha value is -1.92. The van der Waals surface area contributed by atoms with Crippen LogP contribution in [-0.2, 0) is 19.1 Å². The standard InChI is InChI=1S/C18H26N2O4/c1-13-6-3-4-9-16(13)24-12-18(22)20-15-8-5-7-14(10-15)19-17(21)11-23-2/h5,7-8,10,13,16H,3-4,6,9,11-12H2,1-2H3,(H,19,21)(H,20,22)/t13-,16-/m1/s1. The molecule has 2 amide bonds. The molecule has 0 heterocycles. The van der Waals surface area contributed by atoms with Gasteiger partial charge in [-0.2, -0.15) is 0 Å². The van der Waals surface area contributed by atoms with Crippen LogP contribution < -0.4 is 10.6 Å². The van der Waals surface area contributed by atoms with Crippen LogP contribution in [0.2, 0.25) is 0 Å². The van der Waals surface area contributed by atoms with Gasteiger partial charge < -0.3 is 20.1 Å². The lowest BCUT2D eigenvalue weighted by Gasteiger charge is -2.28. The largest absolute Gasteiger partial charge is 0.375 e. The second kappa shape index (κ2) is 9.39. The Balaban J connectivity index is 1.81. The third-order valence-corrected chi connectivity index (χ3v) is 4.17. The maximum atomic E-state index is 12.1. The van der Waals surface area contributed by atoms with Crippen LogP contribution in [0, 0.1) is 5.92 Å². The normalized spacial score (nSPS) is 20.4. The van der Waals surface area contributed by atoms with Crippen molar-refractivity contribution in [2.45, 2.75) is 38.7 Å². The number of methoxy groups -OCH3 is 1. The van der Waals surface area contributed by atoms with Crippen LogP contribution in [0.25, 0.3) is 0 Å². The molecular formula is C18H26N2O4. The molecule has 0 saturated heterocycles. The highest BCUT2D eigenvalue weighted by Crippen LogP contribution is 2.26. The summed E-state index contributed by atoms with van der Waals surface area (Å²) < 4.78 is 10.5. The third kappa shape index (κ3) is 5.94. The Morgan fingerprint density at radius 2 is 1.71 bits per heavy atom. The molecule has 0 spiro atoms. The fourth-order valence-electron chi connectivity index (χ4n) is 2.91. The van der Waals surface area contributed by atoms with Gasteiger partial charge in [-0.25, -0.2) is 0 Å². The fourth-order valence-corrected chi connectivity index (χ4v) is 2.91. The van der Waals surface area contributed by atoms with Gasteiger partial charge >= 0.3 is 0 Å². The first kappa shape index (κ1) is 18.4. The van der Waals surface area contributed by atoms with Crippen molar-refractivity contribution in [2.24, 2.45) is 5.92 Å². The zero-order valence-electron chi connectivity index (χ0n) is 14.3. The highest BCUT2D eigenvalue weighted by Gasteiger charge is 2.22. The minimum atomic E-state index is -0.240. The molecule has 0 bridgehead atoms. The van der Waals surface area contributed by atoms with Gasteiger partial charge in [-0.05, 0) is 37.0 Å². The van der Waals surface area contributed by atoms with Gasteiger partial charge in [-0.3, -0.25) is 9.59 Å². The van der Waals surface area contributed by atoms with Gasteiger partial charge in [0.15, 0.2) is 0 Å². The van der Waals surface area contributed by atoms with E-state index in [1.165, 1.54) is 20.0 Å². The number of amides is 2. The van der Waals surface area contributed by atoms with Crippen LogP contribution in [0.15, 0.2) is 24.3 Å². The summed E-state index contributed by atoms with van der Waals surface area (Å²) in [4.78, 5) is 23.6. The Labute approximate surface area is 142 Å². The van der Waals surface area contributed by atoms with Gasteiger partial charge in [0, 0.05) is 18.5 Å². The van der Waals surface area contributed by atoms with Gasteiger partial charge in [-0.1, -0.05) is 25.8 Å². The van der Waals surface area contributed by atoms with Crippen molar-refractivity contribution in [1.29, 1.82) is 0 Å². The molecule has 2 rings (SSSR count). The predicted molar refractivity (Wildman–Crippen MR) is 92.9 cm³/mol. The monoisotopic (exact) mass is 334 g/mol. The van der Waals surface area contributed by atoms with E-state index in [0.29, 0.717) is 17.3 Å². The molecule has 2 atom stereocenters. The molecule has 1 fully saturated rings. The molecule has 6 heteroatoms. The fraction of sp³-hybridized carbons (Fsp3) is 0.556. The third-order valence-electron chi connectivity index (χ3n) is 4.17. The molecule has 1 saturated carbocycles. The maximum Gasteiger partial charge on any atom is 0.250 e. The summed E-state index contributed by atoms with van der Waals surface area (Å²) in [7, 11) is 1.46. The molecule has 2 N–H and O–H groups in total. The summed E-state index contributed by atoms with van der Waals surface area (Å²) in [5.41, 5.74) is 1.23. The summed E-state index contributed by atoms with van der Waals surface area (Å²) in [6.45, 7) is 2.22. The minimum Gasteiger partial charge on any atom is -0.375 e. The Morgan fingerprint density at radius 3 is 2.33 bits per heavy atom. The number of carbonyl (C=O) groups excluding carboxylic acids is 2. The van der Waals surface area contributed by atoms with Gasteiger partial charge in [0.2, 0.25) is 11.8 Å². The van der Waals surface area contributed by atoms with E-state index in [4.69, 9.17) is 9.47 Å². The van der Waals surface area contributed by atoms with E-state index in [0.717, 1.165) is 12.8 Å². The van der Waals surface area contributed by atoms with E-state index in [2.05, 4.69) is 17.6 Å². The lowest BCUT2D eigenvalue weighted by Crippen LogP contribution is -2.29. The number of nitrogens with one attached hydrogen (secondary N) is 2. The molecule has 6 nitrogen and oxygen atoms in total. The van der Waals surface area contributed by atoms with Crippen molar-refractivity contribution in [2.75, 3.05) is 31.0 Å². The first-order valence-electron chi connectivity index (χ1n) is 8.39. The Morgan fingerprint density at radius 1 is 1.08 bits per heavy atom. The predicted octanol–water partition coefficient (Wildman–Crippen LogP) is 2.81. The molecule has 0 aliphatic heterocycles. The van der Waals surface area contributed by atoms with Crippen molar-refractivity contribution in [3.8, 4) is 0 Å². The second-order valence-corrected chi connectivity index (χ2v) is 6.22.